The molecule has 2 heterocycles. The minimum Gasteiger partial charge on any atom is -0.322 e. The summed E-state index contributed by atoms with van der Waals surface area (Å²) in [6.07, 6.45) is 5.94. The third kappa shape index (κ3) is 3.61. The Morgan fingerprint density at radius 3 is 2.71 bits per heavy atom. The van der Waals surface area contributed by atoms with E-state index in [-0.39, 0.29) is 11.7 Å². The van der Waals surface area contributed by atoms with E-state index < -0.39 is 0 Å². The highest BCUT2D eigenvalue weighted by Gasteiger charge is 2.21. The van der Waals surface area contributed by atoms with Gasteiger partial charge in [0.2, 0.25) is 11.1 Å². The first-order valence-electron chi connectivity index (χ1n) is 8.27. The molecule has 1 aliphatic rings. The van der Waals surface area contributed by atoms with Crippen LogP contribution in [0.1, 0.15) is 49.5 Å². The van der Waals surface area contributed by atoms with Crippen LogP contribution < -0.4 is 5.32 Å². The molecular formula is C15H23N7OS. The molecule has 2 aromatic rings. The van der Waals surface area contributed by atoms with Crippen molar-refractivity contribution >= 4 is 23.4 Å². The van der Waals surface area contributed by atoms with Crippen LogP contribution in [0.25, 0.3) is 0 Å². The Labute approximate surface area is 145 Å². The Morgan fingerprint density at radius 2 is 2.04 bits per heavy atom. The number of rotatable bonds is 5. The summed E-state index contributed by atoms with van der Waals surface area (Å²) in [4.78, 5) is 12.3. The van der Waals surface area contributed by atoms with Crippen molar-refractivity contribution in [2.75, 3.05) is 11.1 Å². The van der Waals surface area contributed by atoms with Gasteiger partial charge in [0, 0.05) is 7.05 Å². The number of thioether (sulfide) groups is 1. The summed E-state index contributed by atoms with van der Waals surface area (Å²) < 4.78 is 3.65. The highest BCUT2D eigenvalue weighted by Crippen LogP contribution is 2.30. The van der Waals surface area contributed by atoms with E-state index >= 15 is 0 Å². The maximum absolute atomic E-state index is 12.3. The molecule has 2 aromatic heterocycles. The summed E-state index contributed by atoms with van der Waals surface area (Å²) in [5, 5.41) is 20.0. The number of carbonyl (C=O) groups is 1. The molecule has 24 heavy (non-hydrogen) atoms. The zero-order valence-electron chi connectivity index (χ0n) is 14.3. The van der Waals surface area contributed by atoms with E-state index in [1.165, 1.54) is 31.0 Å². The summed E-state index contributed by atoms with van der Waals surface area (Å²) in [6.45, 7) is 3.83. The molecule has 0 unspecified atom stereocenters. The predicted molar refractivity (Wildman–Crippen MR) is 92.0 cm³/mol. The van der Waals surface area contributed by atoms with E-state index in [0.717, 1.165) is 35.1 Å². The summed E-state index contributed by atoms with van der Waals surface area (Å²) in [7, 11) is 1.87. The topological polar surface area (TPSA) is 90.5 Å². The third-order valence-corrected chi connectivity index (χ3v) is 5.42. The number of nitrogens with one attached hydrogen (secondary N) is 1. The van der Waals surface area contributed by atoms with Gasteiger partial charge < -0.3 is 5.32 Å². The van der Waals surface area contributed by atoms with E-state index in [1.54, 1.807) is 4.68 Å². The second kappa shape index (κ2) is 7.33. The number of aromatic nitrogens is 6. The minimum atomic E-state index is -0.0719. The number of anilines is 1. The van der Waals surface area contributed by atoms with E-state index in [0.29, 0.717) is 6.04 Å². The number of aryl methyl sites for hydroxylation is 2. The molecule has 8 nitrogen and oxygen atoms in total. The Hall–Kier alpha value is -1.90. The molecule has 0 radical (unpaired) electrons. The normalized spacial score (nSPS) is 15.6. The van der Waals surface area contributed by atoms with Crippen LogP contribution in [0, 0.1) is 13.8 Å². The molecule has 1 saturated carbocycles. The lowest BCUT2D eigenvalue weighted by Gasteiger charge is -2.21. The summed E-state index contributed by atoms with van der Waals surface area (Å²) in [5.74, 6) is 0.207. The summed E-state index contributed by atoms with van der Waals surface area (Å²) in [6, 6.07) is 0.363. The Kier molecular flexibility index (Phi) is 5.17. The first-order chi connectivity index (χ1) is 11.6. The summed E-state index contributed by atoms with van der Waals surface area (Å²) in [5.41, 5.74) is 2.55. The van der Waals surface area contributed by atoms with Gasteiger partial charge in [-0.3, -0.25) is 9.48 Å². The van der Waals surface area contributed by atoms with E-state index in [2.05, 4.69) is 25.9 Å². The highest BCUT2D eigenvalue weighted by molar-refractivity contribution is 7.99. The molecule has 1 N–H and O–H groups in total. The van der Waals surface area contributed by atoms with Crippen LogP contribution >= 0.6 is 11.8 Å². The smallest absolute Gasteiger partial charge is 0.234 e. The van der Waals surface area contributed by atoms with Crippen molar-refractivity contribution in [2.24, 2.45) is 7.05 Å². The Balaban J connectivity index is 1.60. The maximum Gasteiger partial charge on any atom is 0.234 e. The van der Waals surface area contributed by atoms with Gasteiger partial charge in [-0.15, -0.1) is 5.10 Å². The van der Waals surface area contributed by atoms with Crippen molar-refractivity contribution < 1.29 is 4.79 Å². The van der Waals surface area contributed by atoms with Crippen LogP contribution in [0.15, 0.2) is 5.16 Å². The van der Waals surface area contributed by atoms with Gasteiger partial charge in [0.25, 0.3) is 0 Å². The molecular weight excluding hydrogens is 326 g/mol. The van der Waals surface area contributed by atoms with Crippen LogP contribution in [-0.4, -0.2) is 41.6 Å². The number of hydrogen-bond acceptors (Lipinski definition) is 6. The SMILES string of the molecule is Cc1nn(C)c(C)c1NC(=O)CSc1nnnn1C1CCCCC1. The van der Waals surface area contributed by atoms with Crippen molar-refractivity contribution in [2.45, 2.75) is 57.1 Å². The zero-order chi connectivity index (χ0) is 17.1. The molecule has 1 aliphatic carbocycles. The minimum absolute atomic E-state index is 0.0719. The predicted octanol–water partition coefficient (Wildman–Crippen LogP) is 2.26. The molecule has 0 spiro atoms. The van der Waals surface area contributed by atoms with Gasteiger partial charge in [0.15, 0.2) is 0 Å². The summed E-state index contributed by atoms with van der Waals surface area (Å²) >= 11 is 1.38. The Morgan fingerprint density at radius 1 is 1.29 bits per heavy atom. The van der Waals surface area contributed by atoms with E-state index in [4.69, 9.17) is 0 Å². The first kappa shape index (κ1) is 16.9. The van der Waals surface area contributed by atoms with Crippen LogP contribution in [0.5, 0.6) is 0 Å². The fourth-order valence-corrected chi connectivity index (χ4v) is 3.84. The van der Waals surface area contributed by atoms with E-state index in [9.17, 15) is 4.79 Å². The fourth-order valence-electron chi connectivity index (χ4n) is 3.10. The van der Waals surface area contributed by atoms with Crippen LogP contribution in [0.2, 0.25) is 0 Å². The van der Waals surface area contributed by atoms with Gasteiger partial charge in [0.05, 0.1) is 28.9 Å². The van der Waals surface area contributed by atoms with Gasteiger partial charge in [-0.25, -0.2) is 4.68 Å². The second-order valence-corrected chi connectivity index (χ2v) is 7.15. The molecule has 0 aliphatic heterocycles. The largest absolute Gasteiger partial charge is 0.322 e. The fraction of sp³-hybridized carbons (Fsp3) is 0.667. The third-order valence-electron chi connectivity index (χ3n) is 4.49. The van der Waals surface area contributed by atoms with Gasteiger partial charge in [-0.1, -0.05) is 31.0 Å². The van der Waals surface area contributed by atoms with Crippen LogP contribution in [0.4, 0.5) is 5.69 Å². The molecule has 1 amide bonds. The van der Waals surface area contributed by atoms with Crippen molar-refractivity contribution in [1.29, 1.82) is 0 Å². The average molecular weight is 349 g/mol. The van der Waals surface area contributed by atoms with Gasteiger partial charge >= 0.3 is 0 Å². The van der Waals surface area contributed by atoms with Crippen LogP contribution in [0.3, 0.4) is 0 Å². The quantitative estimate of drug-likeness (QED) is 0.833. The van der Waals surface area contributed by atoms with Gasteiger partial charge in [-0.2, -0.15) is 5.10 Å². The highest BCUT2D eigenvalue weighted by atomic mass is 32.2. The molecule has 0 saturated heterocycles. The van der Waals surface area contributed by atoms with Crippen LogP contribution in [-0.2, 0) is 11.8 Å². The number of amides is 1. The lowest BCUT2D eigenvalue weighted by atomic mass is 9.96. The zero-order valence-corrected chi connectivity index (χ0v) is 15.1. The van der Waals surface area contributed by atoms with Crippen molar-refractivity contribution in [3.8, 4) is 0 Å². The lowest BCUT2D eigenvalue weighted by Crippen LogP contribution is -2.18. The first-order valence-corrected chi connectivity index (χ1v) is 9.25. The standard InChI is InChI=1S/C15H23N7OS/c1-10-14(11(2)21(3)18-10)16-13(23)9-24-15-17-19-20-22(15)12-7-5-4-6-8-12/h12H,4-9H2,1-3H3,(H,16,23). The number of tetrazole rings is 1. The lowest BCUT2D eigenvalue weighted by molar-refractivity contribution is -0.113. The van der Waals surface area contributed by atoms with Gasteiger partial charge in [-0.05, 0) is 37.1 Å². The molecule has 0 bridgehead atoms. The molecule has 130 valence electrons. The molecule has 0 aromatic carbocycles. The molecule has 3 rings (SSSR count). The molecule has 0 atom stereocenters. The van der Waals surface area contributed by atoms with Crippen molar-refractivity contribution in [1.82, 2.24) is 30.0 Å². The van der Waals surface area contributed by atoms with Crippen molar-refractivity contribution in [3.05, 3.63) is 11.4 Å². The molecule has 9 heteroatoms. The second-order valence-electron chi connectivity index (χ2n) is 6.20. The van der Waals surface area contributed by atoms with Gasteiger partial charge in [0.1, 0.15) is 0 Å². The number of hydrogen-bond donors (Lipinski definition) is 1. The monoisotopic (exact) mass is 349 g/mol. The van der Waals surface area contributed by atoms with Crippen molar-refractivity contribution in [3.63, 3.8) is 0 Å². The average Bonchev–Trinajstić information content (AvgIpc) is 3.14. The Bertz CT molecular complexity index is 717. The number of nitrogens with zero attached hydrogens (tertiary/aromatic N) is 6. The van der Waals surface area contributed by atoms with E-state index in [1.807, 2.05) is 25.6 Å². The molecule has 1 fully saturated rings. The maximum atomic E-state index is 12.3. The number of carbonyl (C=O) groups excluding carboxylic acids is 1.